The van der Waals surface area contributed by atoms with Gasteiger partial charge in [-0.3, -0.25) is 9.69 Å². The maximum atomic E-state index is 12.8. The molecule has 5 heteroatoms. The summed E-state index contributed by atoms with van der Waals surface area (Å²) in [5.41, 5.74) is 1.99. The molecular formula is C21H34N2O3. The minimum atomic E-state index is 0.0932. The predicted octanol–water partition coefficient (Wildman–Crippen LogP) is 3.18. The van der Waals surface area contributed by atoms with Crippen LogP contribution in [0.5, 0.6) is 0 Å². The van der Waals surface area contributed by atoms with Crippen LogP contribution in [0.2, 0.25) is 0 Å². The molecule has 0 spiro atoms. The summed E-state index contributed by atoms with van der Waals surface area (Å²) < 4.78 is 10.9. The van der Waals surface area contributed by atoms with Gasteiger partial charge in [0.15, 0.2) is 0 Å². The predicted molar refractivity (Wildman–Crippen MR) is 104 cm³/mol. The first-order valence-electron chi connectivity index (χ1n) is 9.78. The molecule has 1 amide bonds. The number of carbonyl (C=O) groups excluding carboxylic acids is 1. The maximum Gasteiger partial charge on any atom is 0.253 e. The standard InChI is InChI=1S/C21H34N2O3/c1-5-6-11-23(12-13-25-4)21(24)20-9-7-19(8-10-20)16-22-14-17(2)26-18(3)15-22/h7-10,17-18H,5-6,11-16H2,1-4H3. The normalized spacial score (nSPS) is 20.9. The lowest BCUT2D eigenvalue weighted by molar-refractivity contribution is -0.0704. The van der Waals surface area contributed by atoms with Gasteiger partial charge in [0.1, 0.15) is 0 Å². The smallest absolute Gasteiger partial charge is 0.253 e. The van der Waals surface area contributed by atoms with Crippen molar-refractivity contribution < 1.29 is 14.3 Å². The van der Waals surface area contributed by atoms with Gasteiger partial charge in [0.25, 0.3) is 5.91 Å². The molecule has 1 aromatic carbocycles. The number of methoxy groups -OCH3 is 1. The third-order valence-corrected chi connectivity index (χ3v) is 4.74. The average molecular weight is 363 g/mol. The largest absolute Gasteiger partial charge is 0.383 e. The van der Waals surface area contributed by atoms with Crippen LogP contribution >= 0.6 is 0 Å². The monoisotopic (exact) mass is 362 g/mol. The van der Waals surface area contributed by atoms with E-state index >= 15 is 0 Å². The molecular weight excluding hydrogens is 328 g/mol. The number of benzene rings is 1. The molecule has 2 atom stereocenters. The summed E-state index contributed by atoms with van der Waals surface area (Å²) in [6, 6.07) is 8.06. The minimum Gasteiger partial charge on any atom is -0.383 e. The van der Waals surface area contributed by atoms with E-state index in [0.29, 0.717) is 13.2 Å². The fraction of sp³-hybridized carbons (Fsp3) is 0.667. The van der Waals surface area contributed by atoms with E-state index in [1.165, 1.54) is 5.56 Å². The minimum absolute atomic E-state index is 0.0932. The molecule has 1 aliphatic heterocycles. The molecule has 0 aromatic heterocycles. The molecule has 1 saturated heterocycles. The van der Waals surface area contributed by atoms with E-state index in [-0.39, 0.29) is 18.1 Å². The van der Waals surface area contributed by atoms with Gasteiger partial charge in [-0.2, -0.15) is 0 Å². The van der Waals surface area contributed by atoms with E-state index in [0.717, 1.165) is 44.6 Å². The lowest BCUT2D eigenvalue weighted by Gasteiger charge is -2.35. The summed E-state index contributed by atoms with van der Waals surface area (Å²) in [6.07, 6.45) is 2.63. The highest BCUT2D eigenvalue weighted by Crippen LogP contribution is 2.15. The molecule has 0 saturated carbocycles. The van der Waals surface area contributed by atoms with Gasteiger partial charge in [0.2, 0.25) is 0 Å². The number of hydrogen-bond acceptors (Lipinski definition) is 4. The Morgan fingerprint density at radius 2 is 1.85 bits per heavy atom. The van der Waals surface area contributed by atoms with Gasteiger partial charge in [0, 0.05) is 45.4 Å². The van der Waals surface area contributed by atoms with Gasteiger partial charge in [0.05, 0.1) is 18.8 Å². The second-order valence-corrected chi connectivity index (χ2v) is 7.29. The molecule has 2 unspecified atom stereocenters. The number of carbonyl (C=O) groups is 1. The molecule has 0 aliphatic carbocycles. The molecule has 146 valence electrons. The van der Waals surface area contributed by atoms with Crippen LogP contribution in [-0.4, -0.2) is 67.8 Å². The first-order chi connectivity index (χ1) is 12.5. The number of morpholine rings is 1. The second kappa shape index (κ2) is 10.7. The summed E-state index contributed by atoms with van der Waals surface area (Å²) in [7, 11) is 1.67. The summed E-state index contributed by atoms with van der Waals surface area (Å²) in [4.78, 5) is 17.1. The summed E-state index contributed by atoms with van der Waals surface area (Å²) >= 11 is 0. The third kappa shape index (κ3) is 6.38. The van der Waals surface area contributed by atoms with Crippen molar-refractivity contribution in [2.24, 2.45) is 0 Å². The van der Waals surface area contributed by atoms with Gasteiger partial charge in [-0.25, -0.2) is 0 Å². The second-order valence-electron chi connectivity index (χ2n) is 7.29. The van der Waals surface area contributed by atoms with Crippen LogP contribution in [0.15, 0.2) is 24.3 Å². The Kier molecular flexibility index (Phi) is 8.55. The first-order valence-corrected chi connectivity index (χ1v) is 9.78. The van der Waals surface area contributed by atoms with E-state index in [4.69, 9.17) is 9.47 Å². The Labute approximate surface area is 158 Å². The molecule has 0 bridgehead atoms. The van der Waals surface area contributed by atoms with Crippen molar-refractivity contribution in [3.63, 3.8) is 0 Å². The molecule has 5 nitrogen and oxygen atoms in total. The van der Waals surface area contributed by atoms with Gasteiger partial charge >= 0.3 is 0 Å². The lowest BCUT2D eigenvalue weighted by Crippen LogP contribution is -2.44. The fourth-order valence-electron chi connectivity index (χ4n) is 3.47. The Morgan fingerprint density at radius 3 is 2.42 bits per heavy atom. The van der Waals surface area contributed by atoms with E-state index in [1.807, 2.05) is 17.0 Å². The Bertz CT molecular complexity index is 529. The number of nitrogens with zero attached hydrogens (tertiary/aromatic N) is 2. The van der Waals surface area contributed by atoms with E-state index in [2.05, 4.69) is 37.8 Å². The fourth-order valence-corrected chi connectivity index (χ4v) is 3.47. The molecule has 0 N–H and O–H groups in total. The molecule has 26 heavy (non-hydrogen) atoms. The highest BCUT2D eigenvalue weighted by molar-refractivity contribution is 5.94. The van der Waals surface area contributed by atoms with Crippen molar-refractivity contribution in [3.8, 4) is 0 Å². The van der Waals surface area contributed by atoms with Crippen LogP contribution in [0.25, 0.3) is 0 Å². The Morgan fingerprint density at radius 1 is 1.19 bits per heavy atom. The van der Waals surface area contributed by atoms with Crippen molar-refractivity contribution >= 4 is 5.91 Å². The summed E-state index contributed by atoms with van der Waals surface area (Å²) in [6.45, 7) is 11.2. The van der Waals surface area contributed by atoms with Crippen LogP contribution < -0.4 is 0 Å². The van der Waals surface area contributed by atoms with E-state index < -0.39 is 0 Å². The van der Waals surface area contributed by atoms with Crippen LogP contribution in [0.1, 0.15) is 49.5 Å². The molecule has 0 radical (unpaired) electrons. The third-order valence-electron chi connectivity index (χ3n) is 4.74. The maximum absolute atomic E-state index is 12.8. The van der Waals surface area contributed by atoms with Crippen LogP contribution in [-0.2, 0) is 16.0 Å². The van der Waals surface area contributed by atoms with Gasteiger partial charge < -0.3 is 14.4 Å². The van der Waals surface area contributed by atoms with Crippen molar-refractivity contribution in [2.45, 2.75) is 52.4 Å². The average Bonchev–Trinajstić information content (AvgIpc) is 2.61. The first kappa shape index (κ1) is 20.9. The quantitative estimate of drug-likeness (QED) is 0.677. The summed E-state index contributed by atoms with van der Waals surface area (Å²) in [5, 5.41) is 0. The molecule has 2 rings (SSSR count). The van der Waals surface area contributed by atoms with Crippen molar-refractivity contribution in [1.29, 1.82) is 0 Å². The van der Waals surface area contributed by atoms with Gasteiger partial charge in [-0.15, -0.1) is 0 Å². The highest BCUT2D eigenvalue weighted by Gasteiger charge is 2.22. The number of rotatable bonds is 9. The molecule has 1 aromatic rings. The topological polar surface area (TPSA) is 42.0 Å². The van der Waals surface area contributed by atoms with Crippen LogP contribution in [0.4, 0.5) is 0 Å². The van der Waals surface area contributed by atoms with Crippen LogP contribution in [0.3, 0.4) is 0 Å². The molecule has 1 aliphatic rings. The number of ether oxygens (including phenoxy) is 2. The van der Waals surface area contributed by atoms with E-state index in [9.17, 15) is 4.79 Å². The van der Waals surface area contributed by atoms with Crippen molar-refractivity contribution in [1.82, 2.24) is 9.80 Å². The zero-order valence-electron chi connectivity index (χ0n) is 16.7. The van der Waals surface area contributed by atoms with Crippen LogP contribution in [0, 0.1) is 0 Å². The molecule has 1 fully saturated rings. The lowest BCUT2D eigenvalue weighted by atomic mass is 10.1. The highest BCUT2D eigenvalue weighted by atomic mass is 16.5. The van der Waals surface area contributed by atoms with Gasteiger partial charge in [-0.05, 0) is 38.0 Å². The SMILES string of the molecule is CCCCN(CCOC)C(=O)c1ccc(CN2CC(C)OC(C)C2)cc1. The Balaban J connectivity index is 1.96. The number of unbranched alkanes of at least 4 members (excludes halogenated alkanes) is 1. The van der Waals surface area contributed by atoms with Crippen molar-refractivity contribution in [3.05, 3.63) is 35.4 Å². The number of hydrogen-bond donors (Lipinski definition) is 0. The Hall–Kier alpha value is -1.43. The van der Waals surface area contributed by atoms with Gasteiger partial charge in [-0.1, -0.05) is 25.5 Å². The van der Waals surface area contributed by atoms with E-state index in [1.54, 1.807) is 7.11 Å². The zero-order valence-corrected chi connectivity index (χ0v) is 16.7. The zero-order chi connectivity index (χ0) is 18.9. The van der Waals surface area contributed by atoms with Crippen molar-refractivity contribution in [2.75, 3.05) is 39.9 Å². The summed E-state index contributed by atoms with van der Waals surface area (Å²) in [5.74, 6) is 0.0932. The number of amides is 1. The molecule has 1 heterocycles.